The number of pyridine rings is 1. The zero-order chi connectivity index (χ0) is 15.7. The number of aromatic nitrogens is 2. The largest absolute Gasteiger partial charge is 0.377 e. The molecule has 0 amide bonds. The summed E-state index contributed by atoms with van der Waals surface area (Å²) in [6, 6.07) is 9.91. The lowest BCUT2D eigenvalue weighted by Crippen LogP contribution is -2.17. The van der Waals surface area contributed by atoms with Gasteiger partial charge in [-0.2, -0.15) is 0 Å². The number of fused-ring (bicyclic) bond motifs is 1. The average Bonchev–Trinajstić information content (AvgIpc) is 2.47. The molecule has 1 N–H and O–H groups in total. The first-order valence-corrected chi connectivity index (χ1v) is 7.50. The fourth-order valence-corrected chi connectivity index (χ4v) is 2.50. The minimum atomic E-state index is -0.359. The van der Waals surface area contributed by atoms with E-state index < -0.39 is 0 Å². The normalized spacial score (nSPS) is 10.9. The highest BCUT2D eigenvalue weighted by Gasteiger charge is 2.05. The van der Waals surface area contributed by atoms with E-state index in [1.807, 2.05) is 13.0 Å². The van der Waals surface area contributed by atoms with Crippen molar-refractivity contribution in [1.82, 2.24) is 9.38 Å². The van der Waals surface area contributed by atoms with Gasteiger partial charge in [0.1, 0.15) is 11.5 Å². The fourth-order valence-electron chi connectivity index (χ4n) is 2.17. The van der Waals surface area contributed by atoms with Crippen molar-refractivity contribution in [1.29, 1.82) is 0 Å². The van der Waals surface area contributed by atoms with E-state index in [1.54, 1.807) is 24.4 Å². The summed E-state index contributed by atoms with van der Waals surface area (Å²) in [6.45, 7) is 2.19. The average molecular weight is 362 g/mol. The Bertz CT molecular complexity index is 908. The van der Waals surface area contributed by atoms with Gasteiger partial charge < -0.3 is 5.32 Å². The maximum absolute atomic E-state index is 13.8. The lowest BCUT2D eigenvalue weighted by molar-refractivity contribution is 0.629. The molecule has 0 bridgehead atoms. The summed E-state index contributed by atoms with van der Waals surface area (Å²) in [4.78, 5) is 16.5. The first-order chi connectivity index (χ1) is 10.5. The molecule has 0 aliphatic rings. The van der Waals surface area contributed by atoms with E-state index in [0.717, 1.165) is 5.56 Å². The van der Waals surface area contributed by atoms with Gasteiger partial charge in [-0.15, -0.1) is 0 Å². The first kappa shape index (κ1) is 14.7. The predicted octanol–water partition coefficient (Wildman–Crippen LogP) is 3.52. The van der Waals surface area contributed by atoms with Crippen LogP contribution in [0.1, 0.15) is 11.3 Å². The molecule has 0 atom stereocenters. The number of hydrogen-bond acceptors (Lipinski definition) is 3. The zero-order valence-corrected chi connectivity index (χ0v) is 13.4. The van der Waals surface area contributed by atoms with Crippen molar-refractivity contribution in [3.8, 4) is 0 Å². The lowest BCUT2D eigenvalue weighted by atomic mass is 10.3. The summed E-state index contributed by atoms with van der Waals surface area (Å²) in [7, 11) is 0. The van der Waals surface area contributed by atoms with Gasteiger partial charge in [0, 0.05) is 16.7 Å². The van der Waals surface area contributed by atoms with Gasteiger partial charge in [0.05, 0.1) is 17.9 Å². The molecular formula is C16H13BrFN3O. The van der Waals surface area contributed by atoms with Crippen molar-refractivity contribution >= 4 is 27.3 Å². The maximum atomic E-state index is 13.8. The molecule has 2 heterocycles. The molecule has 0 aliphatic carbocycles. The summed E-state index contributed by atoms with van der Waals surface area (Å²) < 4.78 is 15.9. The molecule has 0 fully saturated rings. The van der Waals surface area contributed by atoms with Crippen LogP contribution in [0.15, 0.2) is 51.9 Å². The summed E-state index contributed by atoms with van der Waals surface area (Å²) in [5.41, 5.74) is 2.34. The van der Waals surface area contributed by atoms with Crippen LogP contribution in [0.3, 0.4) is 0 Å². The third-order valence-corrected chi connectivity index (χ3v) is 3.74. The van der Waals surface area contributed by atoms with Gasteiger partial charge in [-0.1, -0.05) is 22.0 Å². The predicted molar refractivity (Wildman–Crippen MR) is 87.6 cm³/mol. The standard InChI is InChI=1S/C16H13BrFN3O/c1-10-2-5-15-20-12(7-16(22)21(15)9-10)8-19-14-4-3-11(17)6-13(14)18/h2-7,9,19H,8H2,1H3. The molecule has 6 heteroatoms. The number of benzene rings is 1. The Kier molecular flexibility index (Phi) is 3.94. The Balaban J connectivity index is 1.88. The Morgan fingerprint density at radius 3 is 2.86 bits per heavy atom. The van der Waals surface area contributed by atoms with Crippen molar-refractivity contribution in [2.45, 2.75) is 13.5 Å². The lowest BCUT2D eigenvalue weighted by Gasteiger charge is -2.08. The Morgan fingerprint density at radius 1 is 1.27 bits per heavy atom. The second kappa shape index (κ2) is 5.88. The molecule has 112 valence electrons. The minimum absolute atomic E-state index is 0.151. The summed E-state index contributed by atoms with van der Waals surface area (Å²) >= 11 is 3.21. The van der Waals surface area contributed by atoms with Crippen molar-refractivity contribution in [3.63, 3.8) is 0 Å². The molecule has 3 rings (SSSR count). The van der Waals surface area contributed by atoms with E-state index in [9.17, 15) is 9.18 Å². The van der Waals surface area contributed by atoms with Crippen LogP contribution in [0.4, 0.5) is 10.1 Å². The summed E-state index contributed by atoms with van der Waals surface area (Å²) in [6.07, 6.45) is 1.75. The quantitative estimate of drug-likeness (QED) is 0.776. The van der Waals surface area contributed by atoms with E-state index in [4.69, 9.17) is 0 Å². The van der Waals surface area contributed by atoms with Crippen LogP contribution in [0.25, 0.3) is 5.65 Å². The van der Waals surface area contributed by atoms with Gasteiger partial charge in [0.2, 0.25) is 0 Å². The smallest absolute Gasteiger partial charge is 0.258 e. The third-order valence-electron chi connectivity index (χ3n) is 3.25. The zero-order valence-electron chi connectivity index (χ0n) is 11.8. The number of nitrogens with one attached hydrogen (secondary N) is 1. The van der Waals surface area contributed by atoms with Crippen LogP contribution in [0.5, 0.6) is 0 Å². The third kappa shape index (κ3) is 3.01. The monoisotopic (exact) mass is 361 g/mol. The van der Waals surface area contributed by atoms with E-state index in [0.29, 0.717) is 21.5 Å². The number of hydrogen-bond donors (Lipinski definition) is 1. The fraction of sp³-hybridized carbons (Fsp3) is 0.125. The second-order valence-corrected chi connectivity index (χ2v) is 5.91. The van der Waals surface area contributed by atoms with Gasteiger partial charge in [-0.3, -0.25) is 9.20 Å². The molecule has 2 aromatic heterocycles. The molecule has 0 radical (unpaired) electrons. The second-order valence-electron chi connectivity index (χ2n) is 5.00. The maximum Gasteiger partial charge on any atom is 0.258 e. The first-order valence-electron chi connectivity index (χ1n) is 6.71. The van der Waals surface area contributed by atoms with Crippen LogP contribution < -0.4 is 10.9 Å². The number of nitrogens with zero attached hydrogens (tertiary/aromatic N) is 2. The summed E-state index contributed by atoms with van der Waals surface area (Å²) in [5.74, 6) is -0.359. The number of anilines is 1. The van der Waals surface area contributed by atoms with Gasteiger partial charge in [0.25, 0.3) is 5.56 Å². The van der Waals surface area contributed by atoms with Crippen LogP contribution in [0.2, 0.25) is 0 Å². The van der Waals surface area contributed by atoms with Crippen LogP contribution in [0, 0.1) is 12.7 Å². The summed E-state index contributed by atoms with van der Waals surface area (Å²) in [5, 5.41) is 2.95. The Hall–Kier alpha value is -2.21. The molecular weight excluding hydrogens is 349 g/mol. The van der Waals surface area contributed by atoms with Gasteiger partial charge in [-0.25, -0.2) is 9.37 Å². The highest BCUT2D eigenvalue weighted by atomic mass is 79.9. The molecule has 3 aromatic rings. The van der Waals surface area contributed by atoms with Crippen LogP contribution in [-0.2, 0) is 6.54 Å². The molecule has 0 aliphatic heterocycles. The number of aryl methyl sites for hydroxylation is 1. The number of rotatable bonds is 3. The van der Waals surface area contributed by atoms with E-state index in [2.05, 4.69) is 26.2 Å². The van der Waals surface area contributed by atoms with Gasteiger partial charge >= 0.3 is 0 Å². The SMILES string of the molecule is Cc1ccc2nc(CNc3ccc(Br)cc3F)cc(=O)n2c1. The van der Waals surface area contributed by atoms with Gasteiger partial charge in [-0.05, 0) is 36.8 Å². The van der Waals surface area contributed by atoms with Crippen molar-refractivity contribution in [2.75, 3.05) is 5.32 Å². The van der Waals surface area contributed by atoms with Crippen LogP contribution in [-0.4, -0.2) is 9.38 Å². The highest BCUT2D eigenvalue weighted by Crippen LogP contribution is 2.19. The molecule has 22 heavy (non-hydrogen) atoms. The van der Waals surface area contributed by atoms with E-state index >= 15 is 0 Å². The molecule has 0 saturated heterocycles. The molecule has 0 saturated carbocycles. The van der Waals surface area contributed by atoms with Crippen molar-refractivity contribution in [2.24, 2.45) is 0 Å². The van der Waals surface area contributed by atoms with Gasteiger partial charge in [0.15, 0.2) is 0 Å². The molecule has 4 nitrogen and oxygen atoms in total. The Morgan fingerprint density at radius 2 is 2.09 bits per heavy atom. The van der Waals surface area contributed by atoms with Crippen LogP contribution >= 0.6 is 15.9 Å². The molecule has 0 unspecified atom stereocenters. The molecule has 0 spiro atoms. The minimum Gasteiger partial charge on any atom is -0.377 e. The van der Waals surface area contributed by atoms with E-state index in [-0.39, 0.29) is 17.9 Å². The van der Waals surface area contributed by atoms with Crippen molar-refractivity contribution in [3.05, 3.63) is 74.5 Å². The highest BCUT2D eigenvalue weighted by molar-refractivity contribution is 9.10. The van der Waals surface area contributed by atoms with E-state index in [1.165, 1.54) is 16.5 Å². The topological polar surface area (TPSA) is 46.4 Å². The Labute approximate surface area is 134 Å². The van der Waals surface area contributed by atoms with Crippen molar-refractivity contribution < 1.29 is 4.39 Å². The number of halogens is 2. The molecule has 1 aromatic carbocycles.